The van der Waals surface area contributed by atoms with E-state index in [4.69, 9.17) is 35.4 Å². The molecule has 1 N–H and O–H groups in total. The number of fused-ring (bicyclic) bond motifs is 2. The van der Waals surface area contributed by atoms with E-state index in [9.17, 15) is 0 Å². The minimum absolute atomic E-state index is 0.505. The molecule has 2 heterocycles. The maximum absolute atomic E-state index is 6.13. The predicted octanol–water partition coefficient (Wildman–Crippen LogP) is 5.60. The number of benzene rings is 2. The van der Waals surface area contributed by atoms with E-state index in [1.165, 1.54) is 0 Å². The maximum atomic E-state index is 6.13. The van der Waals surface area contributed by atoms with Gasteiger partial charge in [0, 0.05) is 5.69 Å². The standard InChI is InChI=1S/C14H7Cl2N3S2/c15-8-4-11-12(5-9(8)16)19(14(20)18-11)7-1-2-10-13(3-7)21-6-17-10/h1-6H,(H,18,20). The summed E-state index contributed by atoms with van der Waals surface area (Å²) < 4.78 is 3.67. The molecule has 0 aliphatic carbocycles. The van der Waals surface area contributed by atoms with Crippen LogP contribution in [0.25, 0.3) is 26.9 Å². The first-order valence-corrected chi connectivity index (χ1v) is 8.11. The lowest BCUT2D eigenvalue weighted by molar-refractivity contribution is 1.07. The summed E-state index contributed by atoms with van der Waals surface area (Å²) in [5.74, 6) is 0. The van der Waals surface area contributed by atoms with Gasteiger partial charge in [-0.3, -0.25) is 4.57 Å². The normalized spacial score (nSPS) is 11.5. The molecule has 4 rings (SSSR count). The Hall–Kier alpha value is -1.40. The number of nitrogens with zero attached hydrogens (tertiary/aromatic N) is 2. The van der Waals surface area contributed by atoms with Crippen LogP contribution in [0.5, 0.6) is 0 Å². The van der Waals surface area contributed by atoms with Gasteiger partial charge in [0.15, 0.2) is 4.77 Å². The Kier molecular flexibility index (Phi) is 3.04. The molecule has 4 aromatic rings. The summed E-state index contributed by atoms with van der Waals surface area (Å²) >= 11 is 19.2. The quantitative estimate of drug-likeness (QED) is 0.452. The first kappa shape index (κ1) is 13.3. The molecule has 0 amide bonds. The highest BCUT2D eigenvalue weighted by molar-refractivity contribution is 7.71. The first-order valence-electron chi connectivity index (χ1n) is 6.07. The van der Waals surface area contributed by atoms with Crippen LogP contribution in [-0.4, -0.2) is 14.5 Å². The summed E-state index contributed by atoms with van der Waals surface area (Å²) in [4.78, 5) is 7.45. The van der Waals surface area contributed by atoms with Crippen molar-refractivity contribution in [3.63, 3.8) is 0 Å². The lowest BCUT2D eigenvalue weighted by atomic mass is 10.2. The van der Waals surface area contributed by atoms with Gasteiger partial charge >= 0.3 is 0 Å². The third-order valence-electron chi connectivity index (χ3n) is 3.30. The van der Waals surface area contributed by atoms with Crippen LogP contribution in [-0.2, 0) is 0 Å². The average molecular weight is 352 g/mol. The van der Waals surface area contributed by atoms with Gasteiger partial charge in [0.05, 0.1) is 36.8 Å². The number of aromatic nitrogens is 3. The molecule has 0 unspecified atom stereocenters. The van der Waals surface area contributed by atoms with Crippen LogP contribution >= 0.6 is 46.8 Å². The fraction of sp³-hybridized carbons (Fsp3) is 0. The number of halogens is 2. The van der Waals surface area contributed by atoms with Crippen LogP contribution in [0.15, 0.2) is 35.8 Å². The largest absolute Gasteiger partial charge is 0.330 e. The number of H-pyrrole nitrogens is 1. The van der Waals surface area contributed by atoms with Crippen molar-refractivity contribution in [2.45, 2.75) is 0 Å². The van der Waals surface area contributed by atoms with Gasteiger partial charge in [-0.2, -0.15) is 0 Å². The van der Waals surface area contributed by atoms with Gasteiger partial charge in [-0.15, -0.1) is 11.3 Å². The summed E-state index contributed by atoms with van der Waals surface area (Å²) in [7, 11) is 0. The number of hydrogen-bond acceptors (Lipinski definition) is 3. The van der Waals surface area contributed by atoms with Crippen molar-refractivity contribution < 1.29 is 0 Å². The Bertz CT molecular complexity index is 1050. The molecule has 0 spiro atoms. The van der Waals surface area contributed by atoms with Crippen molar-refractivity contribution in [2.24, 2.45) is 0 Å². The van der Waals surface area contributed by atoms with Crippen molar-refractivity contribution in [2.75, 3.05) is 0 Å². The van der Waals surface area contributed by atoms with Crippen LogP contribution in [0.2, 0.25) is 10.0 Å². The maximum Gasteiger partial charge on any atom is 0.182 e. The van der Waals surface area contributed by atoms with E-state index >= 15 is 0 Å². The van der Waals surface area contributed by atoms with Crippen LogP contribution in [0.1, 0.15) is 0 Å². The zero-order valence-corrected chi connectivity index (χ0v) is 13.6. The monoisotopic (exact) mass is 351 g/mol. The predicted molar refractivity (Wildman–Crippen MR) is 91.7 cm³/mol. The van der Waals surface area contributed by atoms with Crippen molar-refractivity contribution in [1.82, 2.24) is 14.5 Å². The second-order valence-electron chi connectivity index (χ2n) is 4.55. The third kappa shape index (κ3) is 2.08. The molecular formula is C14H7Cl2N3S2. The Morgan fingerprint density at radius 3 is 2.81 bits per heavy atom. The van der Waals surface area contributed by atoms with Crippen LogP contribution in [0.4, 0.5) is 0 Å². The second kappa shape index (κ2) is 4.81. The van der Waals surface area contributed by atoms with Gasteiger partial charge in [0.25, 0.3) is 0 Å². The van der Waals surface area contributed by atoms with E-state index in [0.29, 0.717) is 14.8 Å². The van der Waals surface area contributed by atoms with Gasteiger partial charge in [-0.25, -0.2) is 4.98 Å². The zero-order valence-electron chi connectivity index (χ0n) is 10.4. The molecule has 0 saturated heterocycles. The molecule has 0 aliphatic rings. The highest BCUT2D eigenvalue weighted by atomic mass is 35.5. The topological polar surface area (TPSA) is 33.6 Å². The SMILES string of the molecule is S=c1[nH]c2cc(Cl)c(Cl)cc2n1-c1ccc2ncsc2c1. The molecule has 3 nitrogen and oxygen atoms in total. The van der Waals surface area contributed by atoms with Gasteiger partial charge < -0.3 is 4.98 Å². The second-order valence-corrected chi connectivity index (χ2v) is 6.64. The van der Waals surface area contributed by atoms with Crippen molar-refractivity contribution >= 4 is 68.0 Å². The lowest BCUT2D eigenvalue weighted by Gasteiger charge is -2.05. The summed E-state index contributed by atoms with van der Waals surface area (Å²) in [6, 6.07) is 9.66. The Morgan fingerprint density at radius 1 is 1.14 bits per heavy atom. The Labute approximate surface area is 138 Å². The Balaban J connectivity index is 2.06. The minimum atomic E-state index is 0.505. The molecule has 0 atom stereocenters. The van der Waals surface area contributed by atoms with Gasteiger partial charge in [-0.1, -0.05) is 23.2 Å². The summed E-state index contributed by atoms with van der Waals surface area (Å²) in [6.07, 6.45) is 0. The van der Waals surface area contributed by atoms with Crippen molar-refractivity contribution in [3.05, 3.63) is 50.7 Å². The lowest BCUT2D eigenvalue weighted by Crippen LogP contribution is -1.93. The molecule has 0 bridgehead atoms. The smallest absolute Gasteiger partial charge is 0.182 e. The van der Waals surface area contributed by atoms with E-state index in [0.717, 1.165) is 26.9 Å². The summed E-state index contributed by atoms with van der Waals surface area (Å²) in [6.45, 7) is 0. The molecule has 0 radical (unpaired) electrons. The summed E-state index contributed by atoms with van der Waals surface area (Å²) in [5.41, 5.74) is 5.55. The van der Waals surface area contributed by atoms with Crippen LogP contribution < -0.4 is 0 Å². The molecule has 2 aromatic heterocycles. The van der Waals surface area contributed by atoms with Crippen molar-refractivity contribution in [1.29, 1.82) is 0 Å². The van der Waals surface area contributed by atoms with E-state index in [1.807, 2.05) is 28.3 Å². The first-order chi connectivity index (χ1) is 10.1. The average Bonchev–Trinajstić information content (AvgIpc) is 3.02. The number of thiazole rings is 1. The van der Waals surface area contributed by atoms with E-state index in [-0.39, 0.29) is 0 Å². The van der Waals surface area contributed by atoms with Crippen LogP contribution in [0, 0.1) is 4.77 Å². The number of aromatic amines is 1. The Morgan fingerprint density at radius 2 is 1.95 bits per heavy atom. The molecule has 7 heteroatoms. The van der Waals surface area contributed by atoms with Gasteiger partial charge in [0.1, 0.15) is 0 Å². The molecular weight excluding hydrogens is 345 g/mol. The number of imidazole rings is 1. The fourth-order valence-corrected chi connectivity index (χ4v) is 3.69. The molecule has 0 fully saturated rings. The van der Waals surface area contributed by atoms with Crippen LogP contribution in [0.3, 0.4) is 0 Å². The minimum Gasteiger partial charge on any atom is -0.330 e. The third-order valence-corrected chi connectivity index (χ3v) is 5.10. The van der Waals surface area contributed by atoms with Gasteiger partial charge in [-0.05, 0) is 42.5 Å². The van der Waals surface area contributed by atoms with E-state index < -0.39 is 0 Å². The van der Waals surface area contributed by atoms with Crippen molar-refractivity contribution in [3.8, 4) is 5.69 Å². The molecule has 0 saturated carbocycles. The van der Waals surface area contributed by atoms with E-state index in [1.54, 1.807) is 17.4 Å². The molecule has 2 aromatic carbocycles. The molecule has 104 valence electrons. The number of rotatable bonds is 1. The highest BCUT2D eigenvalue weighted by Gasteiger charge is 2.10. The molecule has 0 aliphatic heterocycles. The van der Waals surface area contributed by atoms with Gasteiger partial charge in [0.2, 0.25) is 0 Å². The van der Waals surface area contributed by atoms with E-state index in [2.05, 4.69) is 16.0 Å². The summed E-state index contributed by atoms with van der Waals surface area (Å²) in [5, 5.41) is 1.01. The highest BCUT2D eigenvalue weighted by Crippen LogP contribution is 2.30. The number of nitrogens with one attached hydrogen (secondary N) is 1. The fourth-order valence-electron chi connectivity index (χ4n) is 2.34. The molecule has 21 heavy (non-hydrogen) atoms. The number of hydrogen-bond donors (Lipinski definition) is 1. The zero-order chi connectivity index (χ0) is 14.6.